The van der Waals surface area contributed by atoms with Gasteiger partial charge in [-0.1, -0.05) is 13.0 Å². The van der Waals surface area contributed by atoms with Crippen molar-refractivity contribution in [2.75, 3.05) is 25.0 Å². The van der Waals surface area contributed by atoms with Crippen LogP contribution in [0.4, 0.5) is 5.69 Å². The van der Waals surface area contributed by atoms with Crippen molar-refractivity contribution < 1.29 is 9.59 Å². The molecule has 1 saturated heterocycles. The van der Waals surface area contributed by atoms with Crippen molar-refractivity contribution in [1.29, 1.82) is 0 Å². The highest BCUT2D eigenvalue weighted by atomic mass is 35.5. The first-order valence-corrected chi connectivity index (χ1v) is 7.53. The summed E-state index contributed by atoms with van der Waals surface area (Å²) in [4.78, 5) is 24.0. The van der Waals surface area contributed by atoms with Crippen LogP contribution in [-0.4, -0.2) is 31.4 Å². The average molecular weight is 324 g/mol. The molecule has 3 rings (SSSR count). The van der Waals surface area contributed by atoms with Crippen molar-refractivity contribution in [3.8, 4) is 0 Å². The van der Waals surface area contributed by atoms with Crippen molar-refractivity contribution in [1.82, 2.24) is 10.6 Å². The monoisotopic (exact) mass is 323 g/mol. The Morgan fingerprint density at radius 2 is 2.05 bits per heavy atom. The third-order valence-electron chi connectivity index (χ3n) is 4.26. The van der Waals surface area contributed by atoms with E-state index in [-0.39, 0.29) is 30.1 Å². The van der Waals surface area contributed by atoms with Gasteiger partial charge in [-0.15, -0.1) is 12.4 Å². The first kappa shape index (κ1) is 16.8. The number of carbonyl (C=O) groups is 2. The van der Waals surface area contributed by atoms with Crippen LogP contribution >= 0.6 is 12.4 Å². The van der Waals surface area contributed by atoms with Crippen molar-refractivity contribution >= 4 is 29.9 Å². The molecule has 2 amide bonds. The molecule has 1 aromatic carbocycles. The lowest BCUT2D eigenvalue weighted by Crippen LogP contribution is -2.48. The third kappa shape index (κ3) is 3.99. The fourth-order valence-corrected chi connectivity index (χ4v) is 2.49. The molecule has 120 valence electrons. The summed E-state index contributed by atoms with van der Waals surface area (Å²) in [5, 5.41) is 9.00. The van der Waals surface area contributed by atoms with Gasteiger partial charge in [-0.2, -0.15) is 0 Å². The fourth-order valence-electron chi connectivity index (χ4n) is 2.49. The summed E-state index contributed by atoms with van der Waals surface area (Å²) in [5.41, 5.74) is 1.28. The van der Waals surface area contributed by atoms with Gasteiger partial charge in [-0.25, -0.2) is 0 Å². The van der Waals surface area contributed by atoms with Crippen LogP contribution in [-0.2, 0) is 4.79 Å². The van der Waals surface area contributed by atoms with Crippen molar-refractivity contribution in [3.63, 3.8) is 0 Å². The number of rotatable bonds is 5. The Bertz CT molecular complexity index is 560. The van der Waals surface area contributed by atoms with Gasteiger partial charge in [0.15, 0.2) is 0 Å². The Hall–Kier alpha value is -1.59. The second-order valence-corrected chi connectivity index (χ2v) is 6.12. The third-order valence-corrected chi connectivity index (χ3v) is 4.26. The molecule has 0 aromatic heterocycles. The van der Waals surface area contributed by atoms with Crippen molar-refractivity contribution in [2.45, 2.75) is 13.3 Å². The maximum atomic E-state index is 12.1. The summed E-state index contributed by atoms with van der Waals surface area (Å²) >= 11 is 0. The Balaban J connectivity index is 0.00000176. The van der Waals surface area contributed by atoms with Gasteiger partial charge in [0.25, 0.3) is 5.91 Å². The van der Waals surface area contributed by atoms with Gasteiger partial charge in [-0.05, 0) is 30.5 Å². The van der Waals surface area contributed by atoms with Gasteiger partial charge in [0, 0.05) is 42.7 Å². The summed E-state index contributed by atoms with van der Waals surface area (Å²) in [6, 6.07) is 7.12. The normalized spacial score (nSPS) is 23.0. The minimum Gasteiger partial charge on any atom is -0.352 e. The lowest BCUT2D eigenvalue weighted by Gasteiger charge is -2.27. The minimum atomic E-state index is -0.0854. The molecule has 22 heavy (non-hydrogen) atoms. The second kappa shape index (κ2) is 7.11. The summed E-state index contributed by atoms with van der Waals surface area (Å²) in [5.74, 6) is 1.12. The van der Waals surface area contributed by atoms with Crippen LogP contribution in [0.5, 0.6) is 0 Å². The number of hydrogen-bond donors (Lipinski definition) is 3. The van der Waals surface area contributed by atoms with E-state index in [1.807, 2.05) is 6.07 Å². The quantitative estimate of drug-likeness (QED) is 0.771. The highest BCUT2D eigenvalue weighted by Crippen LogP contribution is 2.38. The Morgan fingerprint density at radius 1 is 1.32 bits per heavy atom. The molecule has 2 aliphatic rings. The molecule has 2 unspecified atom stereocenters. The van der Waals surface area contributed by atoms with Crippen LogP contribution < -0.4 is 16.0 Å². The molecule has 1 aliphatic carbocycles. The van der Waals surface area contributed by atoms with E-state index < -0.39 is 0 Å². The zero-order valence-corrected chi connectivity index (χ0v) is 13.4. The standard InChI is InChI=1S/C16H21N3O2.ClH/c1-10-5-14(10)16(21)19-13-4-2-3-12(6-13)15(20)18-9-11-7-17-8-11;/h2-4,6,10-11,14,17H,5,7-9H2,1H3,(H,18,20)(H,19,21);1H. The molecule has 3 N–H and O–H groups in total. The summed E-state index contributed by atoms with van der Waals surface area (Å²) in [6.45, 7) is 4.71. The summed E-state index contributed by atoms with van der Waals surface area (Å²) in [7, 11) is 0. The van der Waals surface area contributed by atoms with E-state index in [0.29, 0.717) is 29.6 Å². The van der Waals surface area contributed by atoms with E-state index in [2.05, 4.69) is 22.9 Å². The molecule has 2 fully saturated rings. The zero-order valence-electron chi connectivity index (χ0n) is 12.6. The van der Waals surface area contributed by atoms with E-state index in [0.717, 1.165) is 19.5 Å². The maximum Gasteiger partial charge on any atom is 0.251 e. The SMILES string of the molecule is CC1CC1C(=O)Nc1cccc(C(=O)NCC2CNC2)c1.Cl. The first-order chi connectivity index (χ1) is 10.1. The largest absolute Gasteiger partial charge is 0.352 e. The van der Waals surface area contributed by atoms with E-state index >= 15 is 0 Å². The molecule has 1 saturated carbocycles. The number of anilines is 1. The van der Waals surface area contributed by atoms with E-state index in [4.69, 9.17) is 0 Å². The molecule has 5 nitrogen and oxygen atoms in total. The lowest BCUT2D eigenvalue weighted by atomic mass is 10.0. The molecule has 0 spiro atoms. The van der Waals surface area contributed by atoms with E-state index in [9.17, 15) is 9.59 Å². The van der Waals surface area contributed by atoms with Gasteiger partial charge in [-0.3, -0.25) is 9.59 Å². The predicted octanol–water partition coefficient (Wildman–Crippen LogP) is 1.65. The van der Waals surface area contributed by atoms with Gasteiger partial charge in [0.05, 0.1) is 0 Å². The molecule has 1 aromatic rings. The van der Waals surface area contributed by atoms with Crippen LogP contribution in [0.3, 0.4) is 0 Å². The number of carbonyl (C=O) groups excluding carboxylic acids is 2. The van der Waals surface area contributed by atoms with E-state index in [1.165, 1.54) is 0 Å². The number of amides is 2. The molecule has 1 heterocycles. The van der Waals surface area contributed by atoms with E-state index in [1.54, 1.807) is 18.2 Å². The summed E-state index contributed by atoms with van der Waals surface area (Å²) < 4.78 is 0. The average Bonchev–Trinajstić information content (AvgIpc) is 3.14. The minimum absolute atomic E-state index is 0. The Labute approximate surface area is 136 Å². The molecule has 1 aliphatic heterocycles. The zero-order chi connectivity index (χ0) is 14.8. The van der Waals surface area contributed by atoms with Crippen LogP contribution in [0.2, 0.25) is 0 Å². The second-order valence-electron chi connectivity index (χ2n) is 6.12. The van der Waals surface area contributed by atoms with Crippen LogP contribution in [0.25, 0.3) is 0 Å². The van der Waals surface area contributed by atoms with Gasteiger partial charge in [0.1, 0.15) is 0 Å². The first-order valence-electron chi connectivity index (χ1n) is 7.53. The number of nitrogens with one attached hydrogen (secondary N) is 3. The topological polar surface area (TPSA) is 70.2 Å². The number of halogens is 1. The maximum absolute atomic E-state index is 12.1. The molecule has 0 radical (unpaired) electrons. The predicted molar refractivity (Wildman–Crippen MR) is 88.3 cm³/mol. The van der Waals surface area contributed by atoms with Crippen LogP contribution in [0.1, 0.15) is 23.7 Å². The lowest BCUT2D eigenvalue weighted by molar-refractivity contribution is -0.117. The number of benzene rings is 1. The van der Waals surface area contributed by atoms with Crippen LogP contribution in [0, 0.1) is 17.8 Å². The summed E-state index contributed by atoms with van der Waals surface area (Å²) in [6.07, 6.45) is 0.960. The molecular weight excluding hydrogens is 302 g/mol. The van der Waals surface area contributed by atoms with Crippen LogP contribution in [0.15, 0.2) is 24.3 Å². The highest BCUT2D eigenvalue weighted by molar-refractivity contribution is 5.98. The smallest absolute Gasteiger partial charge is 0.251 e. The van der Waals surface area contributed by atoms with Crippen molar-refractivity contribution in [3.05, 3.63) is 29.8 Å². The molecule has 2 atom stereocenters. The molecule has 0 bridgehead atoms. The highest BCUT2D eigenvalue weighted by Gasteiger charge is 2.39. The molecular formula is C16H22ClN3O2. The Morgan fingerprint density at radius 3 is 2.64 bits per heavy atom. The fraction of sp³-hybridized carbons (Fsp3) is 0.500. The van der Waals surface area contributed by atoms with Gasteiger partial charge >= 0.3 is 0 Å². The van der Waals surface area contributed by atoms with Gasteiger partial charge in [0.2, 0.25) is 5.91 Å². The molecule has 6 heteroatoms. The van der Waals surface area contributed by atoms with Gasteiger partial charge < -0.3 is 16.0 Å². The Kier molecular flexibility index (Phi) is 5.42. The van der Waals surface area contributed by atoms with Crippen molar-refractivity contribution in [2.24, 2.45) is 17.8 Å². The number of hydrogen-bond acceptors (Lipinski definition) is 3.